The second-order valence-corrected chi connectivity index (χ2v) is 10.3. The minimum Gasteiger partial charge on any atom is -0.496 e. The van der Waals surface area contributed by atoms with Gasteiger partial charge in [0.15, 0.2) is 5.52 Å². The summed E-state index contributed by atoms with van der Waals surface area (Å²) in [7, 11) is 4.05. The van der Waals surface area contributed by atoms with Gasteiger partial charge in [-0.2, -0.15) is 13.2 Å². The van der Waals surface area contributed by atoms with Crippen molar-refractivity contribution in [3.63, 3.8) is 0 Å². The molecule has 0 aliphatic rings. The van der Waals surface area contributed by atoms with E-state index in [0.29, 0.717) is 23.0 Å². The summed E-state index contributed by atoms with van der Waals surface area (Å²) in [5.74, 6) is 0.287. The number of hydrogen-bond acceptors (Lipinski definition) is 8. The Labute approximate surface area is 219 Å². The van der Waals surface area contributed by atoms with Crippen molar-refractivity contribution in [3.05, 3.63) is 47.3 Å². The number of benzene rings is 1. The number of rotatable bonds is 11. The lowest BCUT2D eigenvalue weighted by Gasteiger charge is -2.15. The standard InChI is InChI=1S/C24H27F3N3O5S2/c1-5-34-21(31)12-20(22(32)35-6-2)37-36-13-18-14(3)19(33-4)9-10-30(18)23-28-16-8-7-15(24(25,26)27)11-17(16)29-23/h7-11,20H,5-6,12-13H2,1-4H3,(H,28,29)/q+1. The molecule has 0 saturated heterocycles. The molecule has 0 aliphatic carbocycles. The molecule has 37 heavy (non-hydrogen) atoms. The third kappa shape index (κ3) is 7.10. The Hall–Kier alpha value is -2.93. The minimum atomic E-state index is -4.47. The summed E-state index contributed by atoms with van der Waals surface area (Å²) in [5, 5.41) is -0.768. The number of ether oxygens (including phenoxy) is 3. The first kappa shape index (κ1) is 28.6. The Kier molecular flexibility index (Phi) is 9.71. The maximum absolute atomic E-state index is 13.2. The molecule has 1 atom stereocenters. The summed E-state index contributed by atoms with van der Waals surface area (Å²) in [6.07, 6.45) is -2.90. The van der Waals surface area contributed by atoms with Crippen molar-refractivity contribution < 1.29 is 41.5 Å². The molecule has 1 aromatic carbocycles. The van der Waals surface area contributed by atoms with Crippen LogP contribution in [0, 0.1) is 6.92 Å². The van der Waals surface area contributed by atoms with E-state index in [1.54, 1.807) is 30.7 Å². The van der Waals surface area contributed by atoms with Crippen LogP contribution in [0.2, 0.25) is 0 Å². The third-order valence-corrected chi connectivity index (χ3v) is 7.88. The van der Waals surface area contributed by atoms with Crippen LogP contribution in [0.3, 0.4) is 0 Å². The summed E-state index contributed by atoms with van der Waals surface area (Å²) in [4.78, 5) is 31.8. The largest absolute Gasteiger partial charge is 0.496 e. The maximum atomic E-state index is 13.2. The van der Waals surface area contributed by atoms with Crippen molar-refractivity contribution in [2.45, 2.75) is 44.4 Å². The normalized spacial score (nSPS) is 12.4. The highest BCUT2D eigenvalue weighted by Crippen LogP contribution is 2.35. The SMILES string of the molecule is CCOC(=O)CC(SSCc1c(C)c(OC)cc[n+]1-c1nc2ccc(C(F)(F)F)cc2[nH]1)C(=O)OCC. The molecule has 0 spiro atoms. The maximum Gasteiger partial charge on any atom is 0.416 e. The van der Waals surface area contributed by atoms with Crippen molar-refractivity contribution >= 4 is 44.6 Å². The Bertz CT molecular complexity index is 1270. The van der Waals surface area contributed by atoms with Crippen LogP contribution in [0.1, 0.15) is 37.1 Å². The van der Waals surface area contributed by atoms with Gasteiger partial charge in [-0.05, 0) is 39.0 Å². The van der Waals surface area contributed by atoms with Crippen LogP contribution < -0.4 is 9.30 Å². The lowest BCUT2D eigenvalue weighted by molar-refractivity contribution is -0.610. The van der Waals surface area contributed by atoms with E-state index in [9.17, 15) is 22.8 Å². The van der Waals surface area contributed by atoms with Gasteiger partial charge in [-0.25, -0.2) is 9.55 Å². The second kappa shape index (κ2) is 12.5. The molecule has 1 N–H and O–H groups in total. The Morgan fingerprint density at radius 1 is 1.16 bits per heavy atom. The molecule has 0 bridgehead atoms. The molecule has 2 aromatic heterocycles. The average Bonchev–Trinajstić information content (AvgIpc) is 3.27. The molecular weight excluding hydrogens is 531 g/mol. The van der Waals surface area contributed by atoms with E-state index < -0.39 is 28.9 Å². The van der Waals surface area contributed by atoms with Gasteiger partial charge in [0, 0.05) is 11.6 Å². The number of carbonyl (C=O) groups excluding carboxylic acids is 2. The van der Waals surface area contributed by atoms with Gasteiger partial charge in [-0.15, -0.1) is 0 Å². The zero-order valence-corrected chi connectivity index (χ0v) is 22.3. The predicted octanol–water partition coefficient (Wildman–Crippen LogP) is 4.94. The van der Waals surface area contributed by atoms with Gasteiger partial charge in [-0.3, -0.25) is 9.59 Å². The van der Waals surface area contributed by atoms with E-state index in [2.05, 4.69) is 9.97 Å². The zero-order valence-electron chi connectivity index (χ0n) is 20.7. The first-order valence-electron chi connectivity index (χ1n) is 11.3. The minimum absolute atomic E-state index is 0.132. The van der Waals surface area contributed by atoms with Crippen LogP contribution >= 0.6 is 21.6 Å². The van der Waals surface area contributed by atoms with Crippen LogP contribution in [0.15, 0.2) is 30.5 Å². The molecule has 3 aromatic rings. The summed E-state index contributed by atoms with van der Waals surface area (Å²) < 4.78 is 56.7. The van der Waals surface area contributed by atoms with E-state index >= 15 is 0 Å². The number of esters is 2. The monoisotopic (exact) mass is 558 g/mol. The smallest absolute Gasteiger partial charge is 0.416 e. The number of nitrogens with zero attached hydrogens (tertiary/aromatic N) is 2. The lowest BCUT2D eigenvalue weighted by atomic mass is 10.2. The molecule has 3 rings (SSSR count). The molecular formula is C24H27F3N3O5S2+. The average molecular weight is 559 g/mol. The summed E-state index contributed by atoms with van der Waals surface area (Å²) in [5.41, 5.74) is 1.38. The first-order valence-corrected chi connectivity index (χ1v) is 13.7. The molecule has 13 heteroatoms. The summed E-state index contributed by atoms with van der Waals surface area (Å²) >= 11 is 0. The van der Waals surface area contributed by atoms with Crippen LogP contribution in [0.25, 0.3) is 17.0 Å². The van der Waals surface area contributed by atoms with Crippen LogP contribution in [0.4, 0.5) is 13.2 Å². The fourth-order valence-electron chi connectivity index (χ4n) is 3.50. The highest BCUT2D eigenvalue weighted by atomic mass is 33.1. The fraction of sp³-hybridized carbons (Fsp3) is 0.417. The van der Waals surface area contributed by atoms with E-state index in [1.165, 1.54) is 34.8 Å². The van der Waals surface area contributed by atoms with Gasteiger partial charge in [0.25, 0.3) is 0 Å². The molecule has 0 aliphatic heterocycles. The number of aromatic nitrogens is 3. The Morgan fingerprint density at radius 3 is 2.54 bits per heavy atom. The van der Waals surface area contributed by atoms with Crippen molar-refractivity contribution in [1.82, 2.24) is 9.97 Å². The van der Waals surface area contributed by atoms with E-state index in [0.717, 1.165) is 23.4 Å². The molecule has 0 saturated carbocycles. The van der Waals surface area contributed by atoms with E-state index in [-0.39, 0.29) is 25.2 Å². The van der Waals surface area contributed by atoms with Gasteiger partial charge in [-0.1, -0.05) is 26.6 Å². The molecule has 2 heterocycles. The molecule has 0 radical (unpaired) electrons. The number of methoxy groups -OCH3 is 1. The van der Waals surface area contributed by atoms with Crippen molar-refractivity contribution in [1.29, 1.82) is 0 Å². The number of halogens is 3. The van der Waals surface area contributed by atoms with Crippen LogP contribution in [-0.4, -0.2) is 47.5 Å². The Morgan fingerprint density at radius 2 is 1.89 bits per heavy atom. The molecule has 8 nitrogen and oxygen atoms in total. The van der Waals surface area contributed by atoms with Gasteiger partial charge < -0.3 is 14.2 Å². The van der Waals surface area contributed by atoms with Gasteiger partial charge in [0.2, 0.25) is 0 Å². The number of fused-ring (bicyclic) bond motifs is 1. The van der Waals surface area contributed by atoms with Gasteiger partial charge in [0.05, 0.1) is 44.3 Å². The number of hydrogen-bond donors (Lipinski definition) is 1. The molecule has 0 amide bonds. The van der Waals surface area contributed by atoms with Crippen LogP contribution in [-0.2, 0) is 31.0 Å². The van der Waals surface area contributed by atoms with Gasteiger partial charge in [0.1, 0.15) is 22.2 Å². The number of nitrogens with one attached hydrogen (secondary N) is 1. The number of pyridine rings is 1. The molecule has 1 unspecified atom stereocenters. The topological polar surface area (TPSA) is 94.4 Å². The van der Waals surface area contributed by atoms with Crippen molar-refractivity contribution in [2.24, 2.45) is 0 Å². The second-order valence-electron chi connectivity index (χ2n) is 7.72. The van der Waals surface area contributed by atoms with Crippen molar-refractivity contribution in [2.75, 3.05) is 20.3 Å². The third-order valence-electron chi connectivity index (χ3n) is 5.30. The van der Waals surface area contributed by atoms with Crippen LogP contribution in [0.5, 0.6) is 5.75 Å². The number of aromatic amines is 1. The zero-order chi connectivity index (χ0) is 27.2. The Balaban J connectivity index is 1.89. The van der Waals surface area contributed by atoms with E-state index in [1.807, 2.05) is 6.92 Å². The highest BCUT2D eigenvalue weighted by molar-refractivity contribution is 8.76. The number of alkyl halides is 3. The summed E-state index contributed by atoms with van der Waals surface area (Å²) in [6, 6.07) is 5.06. The lowest BCUT2D eigenvalue weighted by Crippen LogP contribution is -2.37. The first-order chi connectivity index (χ1) is 17.6. The number of carbonyl (C=O) groups is 2. The number of H-pyrrole nitrogens is 1. The fourth-order valence-corrected chi connectivity index (χ4v) is 6.02. The summed E-state index contributed by atoms with van der Waals surface area (Å²) in [6.45, 7) is 5.61. The van der Waals surface area contributed by atoms with E-state index in [4.69, 9.17) is 14.2 Å². The number of imidazole rings is 1. The molecule has 200 valence electrons. The highest BCUT2D eigenvalue weighted by Gasteiger charge is 2.32. The predicted molar refractivity (Wildman–Crippen MR) is 134 cm³/mol. The quantitative estimate of drug-likeness (QED) is 0.201. The van der Waals surface area contributed by atoms with Gasteiger partial charge >= 0.3 is 24.1 Å². The van der Waals surface area contributed by atoms with Crippen molar-refractivity contribution in [3.8, 4) is 11.7 Å². The molecule has 0 fully saturated rings.